The Bertz CT molecular complexity index is 926. The molecule has 0 radical (unpaired) electrons. The number of benzene rings is 2. The van der Waals surface area contributed by atoms with Crippen LogP contribution in [0.5, 0.6) is 0 Å². The van der Waals surface area contributed by atoms with Crippen molar-refractivity contribution >= 4 is 5.97 Å². The van der Waals surface area contributed by atoms with E-state index in [-0.39, 0.29) is 11.3 Å². The van der Waals surface area contributed by atoms with Crippen molar-refractivity contribution in [3.8, 4) is 0 Å². The highest BCUT2D eigenvalue weighted by Gasteiger charge is 2.57. The molecule has 0 aliphatic carbocycles. The second kappa shape index (κ2) is 6.99. The zero-order valence-corrected chi connectivity index (χ0v) is 14.6. The molecule has 0 fully saturated rings. The van der Waals surface area contributed by atoms with Crippen LogP contribution in [0.4, 0.5) is 13.2 Å². The van der Waals surface area contributed by atoms with Gasteiger partial charge in [-0.25, -0.2) is 4.79 Å². The minimum Gasteiger partial charge on any atom is -0.467 e. The zero-order valence-electron chi connectivity index (χ0n) is 14.6. The van der Waals surface area contributed by atoms with Crippen LogP contribution in [0.1, 0.15) is 22.6 Å². The van der Waals surface area contributed by atoms with Crippen LogP contribution in [0, 0.1) is 10.1 Å². The third kappa shape index (κ3) is 3.08. The molecule has 3 rings (SSSR count). The van der Waals surface area contributed by atoms with E-state index in [0.29, 0.717) is 5.56 Å². The first-order valence-corrected chi connectivity index (χ1v) is 8.15. The van der Waals surface area contributed by atoms with Crippen molar-refractivity contribution in [3.05, 3.63) is 93.3 Å². The molecule has 146 valence electrons. The topological polar surface area (TPSA) is 81.5 Å². The molecule has 0 saturated heterocycles. The molecule has 2 atom stereocenters. The summed E-state index contributed by atoms with van der Waals surface area (Å²) < 4.78 is 43.6. The number of alkyl halides is 3. The van der Waals surface area contributed by atoms with E-state index < -0.39 is 34.1 Å². The van der Waals surface area contributed by atoms with Crippen LogP contribution in [0.25, 0.3) is 0 Å². The summed E-state index contributed by atoms with van der Waals surface area (Å²) in [7, 11) is 1.14. The first kappa shape index (κ1) is 19.4. The van der Waals surface area contributed by atoms with Crippen LogP contribution in [0.15, 0.2) is 66.5 Å². The zero-order chi connectivity index (χ0) is 20.5. The summed E-state index contributed by atoms with van der Waals surface area (Å²) in [6.45, 7) is 0. The van der Waals surface area contributed by atoms with Gasteiger partial charge in [0.25, 0.3) is 5.70 Å². The minimum atomic E-state index is -4.55. The number of rotatable bonds is 4. The van der Waals surface area contributed by atoms with Gasteiger partial charge in [0.2, 0.25) is 0 Å². The van der Waals surface area contributed by atoms with Gasteiger partial charge in [-0.05, 0) is 23.3 Å². The highest BCUT2D eigenvalue weighted by molar-refractivity contribution is 5.86. The van der Waals surface area contributed by atoms with Crippen molar-refractivity contribution in [1.82, 2.24) is 5.32 Å². The molecule has 2 aromatic rings. The van der Waals surface area contributed by atoms with Crippen molar-refractivity contribution in [2.45, 2.75) is 17.6 Å². The van der Waals surface area contributed by atoms with Crippen molar-refractivity contribution in [2.24, 2.45) is 0 Å². The number of carbonyl (C=O) groups excluding carboxylic acids is 1. The lowest BCUT2D eigenvalue weighted by Gasteiger charge is -2.33. The molecule has 1 aliphatic heterocycles. The predicted molar refractivity (Wildman–Crippen MR) is 92.5 cm³/mol. The summed E-state index contributed by atoms with van der Waals surface area (Å²) in [5.74, 6) is -1.99. The van der Waals surface area contributed by atoms with Crippen LogP contribution in [0.2, 0.25) is 0 Å². The minimum absolute atomic E-state index is 0.176. The average Bonchev–Trinajstić information content (AvgIpc) is 3.09. The van der Waals surface area contributed by atoms with Gasteiger partial charge in [-0.15, -0.1) is 0 Å². The normalized spacial score (nSPS) is 21.6. The number of hydrogen-bond donors (Lipinski definition) is 1. The Kier molecular flexibility index (Phi) is 4.84. The van der Waals surface area contributed by atoms with Crippen molar-refractivity contribution in [2.75, 3.05) is 7.11 Å². The molecule has 0 saturated carbocycles. The maximum atomic E-state index is 12.9. The van der Waals surface area contributed by atoms with Crippen LogP contribution >= 0.6 is 0 Å². The van der Waals surface area contributed by atoms with Crippen LogP contribution in [-0.2, 0) is 21.2 Å². The highest BCUT2D eigenvalue weighted by atomic mass is 19.4. The highest BCUT2D eigenvalue weighted by Crippen LogP contribution is 2.47. The third-order valence-corrected chi connectivity index (χ3v) is 4.70. The van der Waals surface area contributed by atoms with Gasteiger partial charge in [-0.3, -0.25) is 10.1 Å². The van der Waals surface area contributed by atoms with Gasteiger partial charge < -0.3 is 10.1 Å². The molecule has 0 unspecified atom stereocenters. The maximum absolute atomic E-state index is 12.9. The summed E-state index contributed by atoms with van der Waals surface area (Å²) in [4.78, 5) is 23.7. The van der Waals surface area contributed by atoms with Gasteiger partial charge in [0.1, 0.15) is 5.92 Å². The van der Waals surface area contributed by atoms with Gasteiger partial charge in [0.15, 0.2) is 5.54 Å². The number of carbonyl (C=O) groups is 1. The SMILES string of the molecule is COC(=O)[C@@]1(c2ccccc2)NC=C([N+](=O)[O-])[C@@H]1c1ccc(C(F)(F)F)cc1. The van der Waals surface area contributed by atoms with Gasteiger partial charge >= 0.3 is 12.1 Å². The summed E-state index contributed by atoms with van der Waals surface area (Å²) in [6, 6.07) is 12.1. The summed E-state index contributed by atoms with van der Waals surface area (Å²) in [5.41, 5.74) is -2.36. The molecule has 9 heteroatoms. The number of halogens is 3. The first-order chi connectivity index (χ1) is 13.2. The Hall–Kier alpha value is -3.36. The van der Waals surface area contributed by atoms with Gasteiger partial charge in [0, 0.05) is 0 Å². The Balaban J connectivity index is 2.20. The van der Waals surface area contributed by atoms with Crippen LogP contribution < -0.4 is 5.32 Å². The Labute approximate surface area is 157 Å². The molecule has 1 aliphatic rings. The van der Waals surface area contributed by atoms with Crippen molar-refractivity contribution in [3.63, 3.8) is 0 Å². The lowest BCUT2D eigenvalue weighted by molar-refractivity contribution is -0.430. The van der Waals surface area contributed by atoms with E-state index >= 15 is 0 Å². The third-order valence-electron chi connectivity index (χ3n) is 4.70. The van der Waals surface area contributed by atoms with Crippen LogP contribution in [-0.4, -0.2) is 18.0 Å². The monoisotopic (exact) mass is 392 g/mol. The van der Waals surface area contributed by atoms with E-state index in [1.54, 1.807) is 30.3 Å². The second-order valence-corrected chi connectivity index (χ2v) is 6.19. The fourth-order valence-electron chi connectivity index (χ4n) is 3.43. The molecule has 0 bridgehead atoms. The van der Waals surface area contributed by atoms with Gasteiger partial charge in [-0.1, -0.05) is 42.5 Å². The smallest absolute Gasteiger partial charge is 0.416 e. The van der Waals surface area contributed by atoms with Gasteiger partial charge in [0.05, 0.1) is 23.8 Å². The van der Waals surface area contributed by atoms with E-state index in [0.717, 1.165) is 37.6 Å². The lowest BCUT2D eigenvalue weighted by atomic mass is 9.74. The number of ether oxygens (including phenoxy) is 1. The molecular weight excluding hydrogens is 377 g/mol. The Morgan fingerprint density at radius 1 is 1.14 bits per heavy atom. The molecular formula is C19H15F3N2O4. The molecule has 2 aromatic carbocycles. The molecule has 0 aromatic heterocycles. The largest absolute Gasteiger partial charge is 0.467 e. The Morgan fingerprint density at radius 2 is 1.75 bits per heavy atom. The number of nitro groups is 1. The summed E-state index contributed by atoms with van der Waals surface area (Å²) in [6.07, 6.45) is -3.46. The lowest BCUT2D eigenvalue weighted by Crippen LogP contribution is -2.49. The summed E-state index contributed by atoms with van der Waals surface area (Å²) in [5, 5.41) is 14.4. The number of esters is 1. The first-order valence-electron chi connectivity index (χ1n) is 8.15. The quantitative estimate of drug-likeness (QED) is 0.489. The predicted octanol–water partition coefficient (Wildman–Crippen LogP) is 3.58. The molecule has 0 spiro atoms. The fourth-order valence-corrected chi connectivity index (χ4v) is 3.43. The number of methoxy groups -OCH3 is 1. The van der Waals surface area contributed by atoms with E-state index in [1.165, 1.54) is 0 Å². The van der Waals surface area contributed by atoms with E-state index in [9.17, 15) is 28.1 Å². The molecule has 6 nitrogen and oxygen atoms in total. The fraction of sp³-hybridized carbons (Fsp3) is 0.211. The average molecular weight is 392 g/mol. The van der Waals surface area contributed by atoms with E-state index in [1.807, 2.05) is 0 Å². The molecule has 0 amide bonds. The molecule has 28 heavy (non-hydrogen) atoms. The standard InChI is InChI=1S/C19H15F3N2O4/c1-28-17(25)18(13-5-3-2-4-6-13)16(15(11-23-18)24(26)27)12-7-9-14(10-8-12)19(20,21)22/h2-11,16,23H,1H3/t16-,18-/m0/s1. The maximum Gasteiger partial charge on any atom is 0.416 e. The second-order valence-electron chi connectivity index (χ2n) is 6.19. The van der Waals surface area contributed by atoms with Gasteiger partial charge in [-0.2, -0.15) is 13.2 Å². The number of nitrogens with one attached hydrogen (secondary N) is 1. The molecule has 1 N–H and O–H groups in total. The van der Waals surface area contributed by atoms with E-state index in [4.69, 9.17) is 4.74 Å². The number of hydrogen-bond acceptors (Lipinski definition) is 5. The number of nitrogens with zero attached hydrogens (tertiary/aromatic N) is 1. The Morgan fingerprint density at radius 3 is 2.25 bits per heavy atom. The molecule has 1 heterocycles. The van der Waals surface area contributed by atoms with E-state index in [2.05, 4.69) is 5.32 Å². The van der Waals surface area contributed by atoms with Crippen molar-refractivity contribution < 1.29 is 27.6 Å². The summed E-state index contributed by atoms with van der Waals surface area (Å²) >= 11 is 0. The van der Waals surface area contributed by atoms with Crippen LogP contribution in [0.3, 0.4) is 0 Å². The van der Waals surface area contributed by atoms with Crippen molar-refractivity contribution in [1.29, 1.82) is 0 Å².